The molecule has 0 radical (unpaired) electrons. The summed E-state index contributed by atoms with van der Waals surface area (Å²) in [6.07, 6.45) is 0.952. The third kappa shape index (κ3) is 7.25. The zero-order valence-electron chi connectivity index (χ0n) is 19.8. The molecule has 0 atom stereocenters. The van der Waals surface area contributed by atoms with E-state index >= 15 is 0 Å². The van der Waals surface area contributed by atoms with E-state index < -0.39 is 0 Å². The molecule has 2 amide bonds. The maximum absolute atomic E-state index is 13.1. The number of nitrogens with one attached hydrogen (secondary N) is 2. The van der Waals surface area contributed by atoms with Gasteiger partial charge in [-0.1, -0.05) is 26.0 Å². The summed E-state index contributed by atoms with van der Waals surface area (Å²) in [6.45, 7) is 7.93. The number of thiocarbonyl (C=S) groups is 1. The number of nitrogens with zero attached hydrogens (tertiary/aromatic N) is 2. The van der Waals surface area contributed by atoms with E-state index in [9.17, 15) is 9.59 Å². The Morgan fingerprint density at radius 1 is 1.12 bits per heavy atom. The Morgan fingerprint density at radius 2 is 1.82 bits per heavy atom. The number of hydrogen-bond donors (Lipinski definition) is 2. The summed E-state index contributed by atoms with van der Waals surface area (Å²) in [5.74, 6) is 0.839. The van der Waals surface area contributed by atoms with Crippen LogP contribution in [0.15, 0.2) is 46.9 Å². The average molecular weight is 548 g/mol. The summed E-state index contributed by atoms with van der Waals surface area (Å²) >= 11 is 8.83. The first-order valence-electron chi connectivity index (χ1n) is 11.4. The lowest BCUT2D eigenvalue weighted by Crippen LogP contribution is -2.47. The van der Waals surface area contributed by atoms with Crippen molar-refractivity contribution in [2.45, 2.75) is 20.3 Å². The van der Waals surface area contributed by atoms with Crippen molar-refractivity contribution in [2.75, 3.05) is 45.2 Å². The van der Waals surface area contributed by atoms with Gasteiger partial charge in [0.05, 0.1) is 22.3 Å². The van der Waals surface area contributed by atoms with E-state index in [0.29, 0.717) is 52.7 Å². The number of benzene rings is 2. The smallest absolute Gasteiger partial charge is 0.257 e. The lowest BCUT2D eigenvalue weighted by atomic mass is 10.1. The standard InChI is InChI=1S/C25H31BrN4O3S/c1-17(2)10-15-33-22-9-8-18(16-20(22)26)23(31)28-25(34)27-21-7-5-4-6-19(21)24(32)30-13-11-29(3)12-14-30/h4-9,16-17H,10-15H2,1-3H3,(H2,27,28,31,34). The molecular formula is C25H31BrN4O3S. The molecule has 2 aromatic carbocycles. The van der Waals surface area contributed by atoms with Crippen molar-refractivity contribution in [3.05, 3.63) is 58.1 Å². The van der Waals surface area contributed by atoms with Crippen LogP contribution in [0.5, 0.6) is 5.75 Å². The molecule has 182 valence electrons. The zero-order valence-corrected chi connectivity index (χ0v) is 22.2. The summed E-state index contributed by atoms with van der Waals surface area (Å²) in [4.78, 5) is 29.8. The molecule has 7 nitrogen and oxygen atoms in total. The SMILES string of the molecule is CC(C)CCOc1ccc(C(=O)NC(=S)Nc2ccccc2C(=O)N2CCN(C)CC2)cc1Br. The Bertz CT molecular complexity index is 1040. The summed E-state index contributed by atoms with van der Waals surface area (Å²) in [7, 11) is 2.05. The normalized spacial score (nSPS) is 14.1. The molecule has 0 aliphatic carbocycles. The molecule has 0 spiro atoms. The third-order valence-corrected chi connectivity index (χ3v) is 6.39. The van der Waals surface area contributed by atoms with Crippen molar-refractivity contribution < 1.29 is 14.3 Å². The number of para-hydroxylation sites is 1. The maximum atomic E-state index is 13.1. The van der Waals surface area contributed by atoms with E-state index in [4.69, 9.17) is 17.0 Å². The predicted molar refractivity (Wildman–Crippen MR) is 143 cm³/mol. The summed E-state index contributed by atoms with van der Waals surface area (Å²) in [5, 5.41) is 5.82. The van der Waals surface area contributed by atoms with Crippen LogP contribution in [0.25, 0.3) is 0 Å². The van der Waals surface area contributed by atoms with Crippen LogP contribution in [0.1, 0.15) is 41.0 Å². The number of ether oxygens (including phenoxy) is 1. The highest BCUT2D eigenvalue weighted by Gasteiger charge is 2.22. The molecule has 2 aromatic rings. The van der Waals surface area contributed by atoms with Crippen LogP contribution in [-0.2, 0) is 0 Å². The van der Waals surface area contributed by atoms with Gasteiger partial charge in [0.1, 0.15) is 5.75 Å². The summed E-state index contributed by atoms with van der Waals surface area (Å²) in [6, 6.07) is 12.3. The molecule has 1 fully saturated rings. The van der Waals surface area contributed by atoms with Crippen LogP contribution in [0, 0.1) is 5.92 Å². The van der Waals surface area contributed by atoms with Crippen molar-refractivity contribution in [1.29, 1.82) is 0 Å². The van der Waals surface area contributed by atoms with Gasteiger partial charge in [0.2, 0.25) is 0 Å². The molecule has 1 aliphatic heterocycles. The molecule has 9 heteroatoms. The van der Waals surface area contributed by atoms with E-state index in [1.807, 2.05) is 24.1 Å². The Hall–Kier alpha value is -2.49. The zero-order chi connectivity index (χ0) is 24.7. The number of amides is 2. The molecule has 0 bridgehead atoms. The first-order valence-corrected chi connectivity index (χ1v) is 12.6. The van der Waals surface area contributed by atoms with Crippen molar-refractivity contribution in [3.63, 3.8) is 0 Å². The molecule has 3 rings (SSSR count). The fourth-order valence-electron chi connectivity index (χ4n) is 3.45. The lowest BCUT2D eigenvalue weighted by molar-refractivity contribution is 0.0665. The molecule has 2 N–H and O–H groups in total. The van der Waals surface area contributed by atoms with Gasteiger partial charge >= 0.3 is 0 Å². The van der Waals surface area contributed by atoms with Crippen LogP contribution in [0.2, 0.25) is 0 Å². The van der Waals surface area contributed by atoms with Gasteiger partial charge in [-0.3, -0.25) is 14.9 Å². The highest BCUT2D eigenvalue weighted by molar-refractivity contribution is 9.10. The number of halogens is 1. The minimum Gasteiger partial charge on any atom is -0.492 e. The number of likely N-dealkylation sites (N-methyl/N-ethyl adjacent to an activating group) is 1. The molecule has 1 heterocycles. The Morgan fingerprint density at radius 3 is 2.50 bits per heavy atom. The predicted octanol–water partition coefficient (Wildman–Crippen LogP) is 4.39. The van der Waals surface area contributed by atoms with E-state index in [1.165, 1.54) is 0 Å². The molecule has 0 saturated carbocycles. The molecular weight excluding hydrogens is 516 g/mol. The minimum atomic E-state index is -0.352. The van der Waals surface area contributed by atoms with Crippen LogP contribution >= 0.6 is 28.1 Å². The first-order chi connectivity index (χ1) is 16.2. The number of piperazine rings is 1. The molecule has 0 aromatic heterocycles. The Labute approximate surface area is 215 Å². The number of carbonyl (C=O) groups is 2. The van der Waals surface area contributed by atoms with Gasteiger partial charge < -0.3 is 19.9 Å². The number of anilines is 1. The second-order valence-electron chi connectivity index (χ2n) is 8.73. The van der Waals surface area contributed by atoms with Crippen molar-refractivity contribution in [1.82, 2.24) is 15.1 Å². The number of hydrogen-bond acceptors (Lipinski definition) is 5. The second kappa shape index (κ2) is 12.3. The van der Waals surface area contributed by atoms with Crippen molar-refractivity contribution in [2.24, 2.45) is 5.92 Å². The van der Waals surface area contributed by atoms with Crippen LogP contribution < -0.4 is 15.4 Å². The first kappa shape index (κ1) is 26.1. The highest BCUT2D eigenvalue weighted by atomic mass is 79.9. The fraction of sp³-hybridized carbons (Fsp3) is 0.400. The largest absolute Gasteiger partial charge is 0.492 e. The summed E-state index contributed by atoms with van der Waals surface area (Å²) in [5.41, 5.74) is 1.52. The maximum Gasteiger partial charge on any atom is 0.257 e. The van der Waals surface area contributed by atoms with Gasteiger partial charge in [0.25, 0.3) is 11.8 Å². The lowest BCUT2D eigenvalue weighted by Gasteiger charge is -2.32. The quantitative estimate of drug-likeness (QED) is 0.502. The van der Waals surface area contributed by atoms with Gasteiger partial charge in [0.15, 0.2) is 5.11 Å². The Balaban J connectivity index is 1.61. The van der Waals surface area contributed by atoms with E-state index in [-0.39, 0.29) is 16.9 Å². The summed E-state index contributed by atoms with van der Waals surface area (Å²) < 4.78 is 6.48. The highest BCUT2D eigenvalue weighted by Crippen LogP contribution is 2.26. The van der Waals surface area contributed by atoms with Crippen LogP contribution in [0.3, 0.4) is 0 Å². The molecule has 1 aliphatic rings. The number of carbonyl (C=O) groups excluding carboxylic acids is 2. The minimum absolute atomic E-state index is 0.0534. The van der Waals surface area contributed by atoms with Gasteiger partial charge in [-0.05, 0) is 77.9 Å². The molecule has 34 heavy (non-hydrogen) atoms. The molecule has 0 unspecified atom stereocenters. The van der Waals surface area contributed by atoms with Gasteiger partial charge in [-0.2, -0.15) is 0 Å². The number of rotatable bonds is 7. The molecule has 1 saturated heterocycles. The third-order valence-electron chi connectivity index (χ3n) is 5.57. The van der Waals surface area contributed by atoms with Crippen molar-refractivity contribution >= 4 is 50.8 Å². The Kier molecular flexibility index (Phi) is 9.44. The van der Waals surface area contributed by atoms with Crippen LogP contribution in [0.4, 0.5) is 5.69 Å². The van der Waals surface area contributed by atoms with E-state index in [1.54, 1.807) is 30.3 Å². The topological polar surface area (TPSA) is 73.9 Å². The van der Waals surface area contributed by atoms with Crippen LogP contribution in [-0.4, -0.2) is 66.6 Å². The van der Waals surface area contributed by atoms with Gasteiger partial charge in [0, 0.05) is 31.7 Å². The second-order valence-corrected chi connectivity index (χ2v) is 9.99. The fourth-order valence-corrected chi connectivity index (χ4v) is 4.15. The average Bonchev–Trinajstić information content (AvgIpc) is 2.80. The van der Waals surface area contributed by atoms with Crippen molar-refractivity contribution in [3.8, 4) is 5.75 Å². The van der Waals surface area contributed by atoms with Gasteiger partial charge in [-0.25, -0.2) is 0 Å². The van der Waals surface area contributed by atoms with Gasteiger partial charge in [-0.15, -0.1) is 0 Å². The monoisotopic (exact) mass is 546 g/mol. The van der Waals surface area contributed by atoms with E-state index in [2.05, 4.69) is 45.3 Å². The van der Waals surface area contributed by atoms with E-state index in [0.717, 1.165) is 19.5 Å².